The summed E-state index contributed by atoms with van der Waals surface area (Å²) in [5.41, 5.74) is 6.89. The normalized spacial score (nSPS) is 15.8. The average molecular weight is 455 g/mol. The summed E-state index contributed by atoms with van der Waals surface area (Å²) < 4.78 is 14.6. The van der Waals surface area contributed by atoms with Gasteiger partial charge >= 0.3 is 0 Å². The molecule has 0 fully saturated rings. The molecule has 1 aliphatic rings. The van der Waals surface area contributed by atoms with Crippen molar-refractivity contribution >= 4 is 23.4 Å². The van der Waals surface area contributed by atoms with Crippen molar-refractivity contribution in [1.82, 2.24) is 4.90 Å². The van der Waals surface area contributed by atoms with Crippen LogP contribution < -0.4 is 5.73 Å². The number of para-hydroxylation sites is 1. The number of benzene rings is 3. The lowest BCUT2D eigenvalue weighted by Gasteiger charge is -2.36. The maximum atomic E-state index is 14.6. The lowest BCUT2D eigenvalue weighted by Crippen LogP contribution is -2.43. The summed E-state index contributed by atoms with van der Waals surface area (Å²) in [6, 6.07) is 12.6. The van der Waals surface area contributed by atoms with E-state index in [1.54, 1.807) is 24.3 Å². The molecule has 4 rings (SSSR count). The number of fused-ring (bicyclic) bond motifs is 1. The molecule has 0 heterocycles. The Morgan fingerprint density at radius 2 is 1.84 bits per heavy atom. The van der Waals surface area contributed by atoms with E-state index in [0.29, 0.717) is 24.0 Å². The fraction of sp³-hybridized carbons (Fsp3) is 0.167. The van der Waals surface area contributed by atoms with Gasteiger partial charge in [0, 0.05) is 5.02 Å². The van der Waals surface area contributed by atoms with Crippen LogP contribution in [0.4, 0.5) is 4.39 Å². The van der Waals surface area contributed by atoms with Crippen molar-refractivity contribution in [2.24, 2.45) is 5.73 Å². The number of phenolic OH excluding ortho intramolecular Hbond substituents is 2. The van der Waals surface area contributed by atoms with E-state index in [9.17, 15) is 24.2 Å². The predicted molar refractivity (Wildman–Crippen MR) is 117 cm³/mol. The Labute approximate surface area is 188 Å². The van der Waals surface area contributed by atoms with E-state index in [1.807, 2.05) is 0 Å². The Hall–Kier alpha value is -3.58. The zero-order valence-corrected chi connectivity index (χ0v) is 17.6. The summed E-state index contributed by atoms with van der Waals surface area (Å²) in [7, 11) is 0. The molecule has 3 aromatic carbocycles. The SMILES string of the molecule is NC(=O)C(c1cccc(O)c1)N(C(=O)c1ccccc1O)[C@@H]1CCc2c(F)cc(Cl)cc21. The van der Waals surface area contributed by atoms with Gasteiger partial charge in [0.1, 0.15) is 23.4 Å². The number of amides is 2. The molecule has 0 bridgehead atoms. The van der Waals surface area contributed by atoms with Gasteiger partial charge in [-0.25, -0.2) is 4.39 Å². The molecule has 1 unspecified atom stereocenters. The molecular formula is C24H20ClFN2O4. The number of nitrogens with zero attached hydrogens (tertiary/aromatic N) is 1. The maximum absolute atomic E-state index is 14.6. The first-order chi connectivity index (χ1) is 15.3. The van der Waals surface area contributed by atoms with Crippen LogP contribution in [0.1, 0.15) is 45.6 Å². The number of carbonyl (C=O) groups is 2. The summed E-state index contributed by atoms with van der Waals surface area (Å²) in [5.74, 6) is -2.36. The Morgan fingerprint density at radius 1 is 1.09 bits per heavy atom. The quantitative estimate of drug-likeness (QED) is 0.536. The van der Waals surface area contributed by atoms with Gasteiger partial charge in [0.05, 0.1) is 11.6 Å². The van der Waals surface area contributed by atoms with Crippen molar-refractivity contribution in [1.29, 1.82) is 0 Å². The molecule has 8 heteroatoms. The van der Waals surface area contributed by atoms with Crippen LogP contribution in [0.25, 0.3) is 0 Å². The molecule has 2 atom stereocenters. The first kappa shape index (κ1) is 21.6. The van der Waals surface area contributed by atoms with Gasteiger partial charge in [-0.15, -0.1) is 0 Å². The molecule has 32 heavy (non-hydrogen) atoms. The van der Waals surface area contributed by atoms with Gasteiger partial charge < -0.3 is 20.8 Å². The fourth-order valence-corrected chi connectivity index (χ4v) is 4.51. The predicted octanol–water partition coefficient (Wildman–Crippen LogP) is 4.25. The molecule has 0 saturated carbocycles. The smallest absolute Gasteiger partial charge is 0.259 e. The molecular weight excluding hydrogens is 435 g/mol. The molecule has 6 nitrogen and oxygen atoms in total. The minimum absolute atomic E-state index is 0.0325. The van der Waals surface area contributed by atoms with E-state index in [1.165, 1.54) is 41.3 Å². The van der Waals surface area contributed by atoms with Crippen LogP contribution in [-0.4, -0.2) is 26.9 Å². The third-order valence-electron chi connectivity index (χ3n) is 5.66. The number of phenols is 2. The van der Waals surface area contributed by atoms with Crippen molar-refractivity contribution < 1.29 is 24.2 Å². The van der Waals surface area contributed by atoms with Crippen LogP contribution in [0.15, 0.2) is 60.7 Å². The molecule has 0 radical (unpaired) electrons. The number of primary amides is 1. The minimum Gasteiger partial charge on any atom is -0.508 e. The first-order valence-corrected chi connectivity index (χ1v) is 10.3. The fourth-order valence-electron chi connectivity index (χ4n) is 4.30. The van der Waals surface area contributed by atoms with Crippen LogP contribution in [0.2, 0.25) is 5.02 Å². The number of hydrogen-bond donors (Lipinski definition) is 3. The Morgan fingerprint density at radius 3 is 2.53 bits per heavy atom. The van der Waals surface area contributed by atoms with E-state index in [-0.39, 0.29) is 27.6 Å². The van der Waals surface area contributed by atoms with Crippen LogP contribution in [-0.2, 0) is 11.2 Å². The molecule has 3 aromatic rings. The Bertz CT molecular complexity index is 1220. The molecule has 4 N–H and O–H groups in total. The van der Waals surface area contributed by atoms with Gasteiger partial charge in [-0.05, 0) is 65.9 Å². The van der Waals surface area contributed by atoms with E-state index in [2.05, 4.69) is 0 Å². The Kier molecular flexibility index (Phi) is 5.76. The highest BCUT2D eigenvalue weighted by Gasteiger charge is 2.41. The molecule has 1 aliphatic carbocycles. The van der Waals surface area contributed by atoms with Crippen molar-refractivity contribution in [3.63, 3.8) is 0 Å². The van der Waals surface area contributed by atoms with Crippen LogP contribution in [0.3, 0.4) is 0 Å². The minimum atomic E-state index is -1.29. The standard InChI is InChI=1S/C24H20ClFN2O4/c25-14-11-18-16(19(26)12-14)8-9-20(18)28(24(32)17-6-1-2-7-21(17)30)22(23(27)31)13-4-3-5-15(29)10-13/h1-7,10-12,20,22,29-30H,8-9H2,(H2,27,31)/t20-,22?/m1/s1. The second-order valence-corrected chi connectivity index (χ2v) is 8.08. The first-order valence-electron chi connectivity index (χ1n) is 9.94. The molecule has 164 valence electrons. The highest BCUT2D eigenvalue weighted by Crippen LogP contribution is 2.43. The lowest BCUT2D eigenvalue weighted by atomic mass is 9.97. The van der Waals surface area contributed by atoms with Gasteiger partial charge in [0.25, 0.3) is 5.91 Å². The zero-order chi connectivity index (χ0) is 23.0. The van der Waals surface area contributed by atoms with Crippen molar-refractivity contribution in [3.8, 4) is 11.5 Å². The van der Waals surface area contributed by atoms with E-state index in [0.717, 1.165) is 0 Å². The molecule has 2 amide bonds. The van der Waals surface area contributed by atoms with Crippen molar-refractivity contribution in [3.05, 3.63) is 93.8 Å². The zero-order valence-electron chi connectivity index (χ0n) is 16.8. The van der Waals surface area contributed by atoms with Gasteiger partial charge in [-0.1, -0.05) is 35.9 Å². The molecule has 0 aliphatic heterocycles. The topological polar surface area (TPSA) is 104 Å². The third-order valence-corrected chi connectivity index (χ3v) is 5.88. The van der Waals surface area contributed by atoms with E-state index < -0.39 is 29.7 Å². The summed E-state index contributed by atoms with van der Waals surface area (Å²) in [6.07, 6.45) is 0.660. The number of carbonyl (C=O) groups excluding carboxylic acids is 2. The van der Waals surface area contributed by atoms with Crippen LogP contribution in [0.5, 0.6) is 11.5 Å². The van der Waals surface area contributed by atoms with E-state index in [4.69, 9.17) is 17.3 Å². The largest absolute Gasteiger partial charge is 0.508 e. The number of nitrogens with two attached hydrogens (primary N) is 1. The lowest BCUT2D eigenvalue weighted by molar-refractivity contribution is -0.123. The number of aromatic hydroxyl groups is 2. The van der Waals surface area contributed by atoms with Gasteiger partial charge in [-0.2, -0.15) is 0 Å². The summed E-state index contributed by atoms with van der Waals surface area (Å²) in [6.45, 7) is 0. The molecule has 0 saturated heterocycles. The number of halogens is 2. The average Bonchev–Trinajstić information content (AvgIpc) is 3.15. The number of rotatable bonds is 5. The van der Waals surface area contributed by atoms with E-state index >= 15 is 0 Å². The van der Waals surface area contributed by atoms with Crippen molar-refractivity contribution in [2.75, 3.05) is 0 Å². The maximum Gasteiger partial charge on any atom is 0.259 e. The van der Waals surface area contributed by atoms with Gasteiger partial charge in [-0.3, -0.25) is 9.59 Å². The van der Waals surface area contributed by atoms with Crippen LogP contribution in [0, 0.1) is 5.82 Å². The van der Waals surface area contributed by atoms with Gasteiger partial charge in [0.2, 0.25) is 5.91 Å². The van der Waals surface area contributed by atoms with Crippen molar-refractivity contribution in [2.45, 2.75) is 24.9 Å². The van der Waals surface area contributed by atoms with Gasteiger partial charge in [0.15, 0.2) is 0 Å². The Balaban J connectivity index is 1.91. The second-order valence-electron chi connectivity index (χ2n) is 7.64. The summed E-state index contributed by atoms with van der Waals surface area (Å²) in [4.78, 5) is 27.6. The monoisotopic (exact) mass is 454 g/mol. The molecule has 0 aromatic heterocycles. The summed E-state index contributed by atoms with van der Waals surface area (Å²) in [5, 5.41) is 20.4. The highest BCUT2D eigenvalue weighted by atomic mass is 35.5. The number of hydrogen-bond acceptors (Lipinski definition) is 4. The van der Waals surface area contributed by atoms with Crippen LogP contribution >= 0.6 is 11.6 Å². The second kappa shape index (κ2) is 8.51. The summed E-state index contributed by atoms with van der Waals surface area (Å²) >= 11 is 6.09. The highest BCUT2D eigenvalue weighted by molar-refractivity contribution is 6.30. The third kappa shape index (κ3) is 3.87. The molecule has 0 spiro atoms.